The molecule has 1 atom stereocenters. The first-order valence-electron chi connectivity index (χ1n) is 6.22. The van der Waals surface area contributed by atoms with Crippen LogP contribution in [0.2, 0.25) is 0 Å². The second-order valence-electron chi connectivity index (χ2n) is 4.47. The minimum Gasteiger partial charge on any atom is -0.383 e. The molecule has 18 heavy (non-hydrogen) atoms. The molecule has 0 saturated carbocycles. The summed E-state index contributed by atoms with van der Waals surface area (Å²) in [6, 6.07) is 8.33. The number of nitrogens with one attached hydrogen (secondary N) is 1. The van der Waals surface area contributed by atoms with Crippen molar-refractivity contribution in [2.24, 2.45) is 0 Å². The summed E-state index contributed by atoms with van der Waals surface area (Å²) >= 11 is 3.47. The van der Waals surface area contributed by atoms with Crippen molar-refractivity contribution in [2.45, 2.75) is 26.3 Å². The number of nitriles is 1. The Bertz CT molecular complexity index is 426. The summed E-state index contributed by atoms with van der Waals surface area (Å²) in [7, 11) is 2.14. The van der Waals surface area contributed by atoms with Crippen LogP contribution in [0, 0.1) is 11.3 Å². The van der Waals surface area contributed by atoms with Gasteiger partial charge in [0.25, 0.3) is 0 Å². The fourth-order valence-electron chi connectivity index (χ4n) is 1.63. The summed E-state index contributed by atoms with van der Waals surface area (Å²) in [5.41, 5.74) is 1.70. The average Bonchev–Trinajstić information content (AvgIpc) is 2.39. The molecular formula is C14H20BrN3. The van der Waals surface area contributed by atoms with Gasteiger partial charge in [0.1, 0.15) is 0 Å². The van der Waals surface area contributed by atoms with Gasteiger partial charge in [-0.2, -0.15) is 5.26 Å². The van der Waals surface area contributed by atoms with Crippen LogP contribution in [0.5, 0.6) is 0 Å². The van der Waals surface area contributed by atoms with E-state index in [-0.39, 0.29) is 0 Å². The summed E-state index contributed by atoms with van der Waals surface area (Å²) in [4.78, 5) is 2.34. The smallest absolute Gasteiger partial charge is 0.0992 e. The molecule has 1 aromatic carbocycles. The quantitative estimate of drug-likeness (QED) is 0.874. The molecule has 0 bridgehead atoms. The Kier molecular flexibility index (Phi) is 6.17. The summed E-state index contributed by atoms with van der Waals surface area (Å²) in [6.45, 7) is 6.33. The van der Waals surface area contributed by atoms with Gasteiger partial charge in [-0.15, -0.1) is 0 Å². The van der Waals surface area contributed by atoms with E-state index in [2.05, 4.69) is 53.1 Å². The molecule has 0 aliphatic heterocycles. The molecule has 0 aliphatic rings. The Morgan fingerprint density at radius 1 is 1.50 bits per heavy atom. The maximum Gasteiger partial charge on any atom is 0.0992 e. The van der Waals surface area contributed by atoms with Gasteiger partial charge in [-0.05, 0) is 54.5 Å². The number of hydrogen-bond donors (Lipinski definition) is 1. The van der Waals surface area contributed by atoms with Crippen molar-refractivity contribution in [1.82, 2.24) is 4.90 Å². The summed E-state index contributed by atoms with van der Waals surface area (Å²) in [5.74, 6) is 0. The van der Waals surface area contributed by atoms with Gasteiger partial charge in [0.2, 0.25) is 0 Å². The number of halogens is 1. The molecule has 1 rings (SSSR count). The molecule has 0 fully saturated rings. The monoisotopic (exact) mass is 309 g/mol. The van der Waals surface area contributed by atoms with Crippen molar-refractivity contribution in [3.05, 3.63) is 28.2 Å². The zero-order valence-corrected chi connectivity index (χ0v) is 12.8. The average molecular weight is 310 g/mol. The number of rotatable bonds is 6. The number of nitrogens with zero attached hydrogens (tertiary/aromatic N) is 2. The SMILES string of the molecule is CCC(C)N(C)CCNc1ccc(C#N)cc1Br. The van der Waals surface area contributed by atoms with Crippen molar-refractivity contribution in [2.75, 3.05) is 25.5 Å². The highest BCUT2D eigenvalue weighted by atomic mass is 79.9. The Morgan fingerprint density at radius 3 is 2.78 bits per heavy atom. The largest absolute Gasteiger partial charge is 0.383 e. The Balaban J connectivity index is 2.47. The predicted molar refractivity (Wildman–Crippen MR) is 79.7 cm³/mol. The van der Waals surface area contributed by atoms with Gasteiger partial charge in [0.15, 0.2) is 0 Å². The first-order chi connectivity index (χ1) is 8.58. The second-order valence-corrected chi connectivity index (χ2v) is 5.33. The molecule has 1 N–H and O–H groups in total. The number of likely N-dealkylation sites (N-methyl/N-ethyl adjacent to an activating group) is 1. The molecule has 0 spiro atoms. The molecule has 0 amide bonds. The van der Waals surface area contributed by atoms with Crippen molar-refractivity contribution in [1.29, 1.82) is 5.26 Å². The maximum absolute atomic E-state index is 8.79. The van der Waals surface area contributed by atoms with Gasteiger partial charge < -0.3 is 10.2 Å². The van der Waals surface area contributed by atoms with Gasteiger partial charge in [0.05, 0.1) is 11.6 Å². The molecule has 98 valence electrons. The minimum absolute atomic E-state index is 0.608. The van der Waals surface area contributed by atoms with E-state index in [9.17, 15) is 0 Å². The van der Waals surface area contributed by atoms with Crippen LogP contribution >= 0.6 is 15.9 Å². The Hall–Kier alpha value is -1.05. The van der Waals surface area contributed by atoms with E-state index in [1.165, 1.54) is 0 Å². The van der Waals surface area contributed by atoms with Crippen molar-refractivity contribution in [3.63, 3.8) is 0 Å². The zero-order chi connectivity index (χ0) is 13.5. The van der Waals surface area contributed by atoms with E-state index in [1.807, 2.05) is 18.2 Å². The molecule has 0 heterocycles. The third-order valence-electron chi connectivity index (χ3n) is 3.22. The first kappa shape index (κ1) is 15.0. The summed E-state index contributed by atoms with van der Waals surface area (Å²) < 4.78 is 0.938. The lowest BCUT2D eigenvalue weighted by Crippen LogP contribution is -2.32. The third kappa shape index (κ3) is 4.32. The fourth-order valence-corrected chi connectivity index (χ4v) is 2.15. The maximum atomic E-state index is 8.79. The van der Waals surface area contributed by atoms with Gasteiger partial charge in [-0.25, -0.2) is 0 Å². The molecule has 0 aromatic heterocycles. The van der Waals surface area contributed by atoms with E-state index in [4.69, 9.17) is 5.26 Å². The van der Waals surface area contributed by atoms with Crippen LogP contribution in [0.15, 0.2) is 22.7 Å². The lowest BCUT2D eigenvalue weighted by molar-refractivity contribution is 0.261. The van der Waals surface area contributed by atoms with E-state index < -0.39 is 0 Å². The molecule has 4 heteroatoms. The molecule has 0 saturated heterocycles. The normalized spacial score (nSPS) is 12.2. The van der Waals surface area contributed by atoms with Gasteiger partial charge in [-0.3, -0.25) is 0 Å². The molecule has 0 aliphatic carbocycles. The van der Waals surface area contributed by atoms with Gasteiger partial charge >= 0.3 is 0 Å². The van der Waals surface area contributed by atoms with E-state index in [1.54, 1.807) is 0 Å². The van der Waals surface area contributed by atoms with Crippen LogP contribution in [0.4, 0.5) is 5.69 Å². The van der Waals surface area contributed by atoms with Crippen LogP contribution in [0.25, 0.3) is 0 Å². The lowest BCUT2D eigenvalue weighted by atomic mass is 10.2. The van der Waals surface area contributed by atoms with Crippen LogP contribution in [-0.4, -0.2) is 31.1 Å². The van der Waals surface area contributed by atoms with Crippen LogP contribution in [-0.2, 0) is 0 Å². The number of hydrogen-bond acceptors (Lipinski definition) is 3. The van der Waals surface area contributed by atoms with Crippen LogP contribution in [0.3, 0.4) is 0 Å². The fraction of sp³-hybridized carbons (Fsp3) is 0.500. The minimum atomic E-state index is 0.608. The van der Waals surface area contributed by atoms with Crippen LogP contribution < -0.4 is 5.32 Å². The topological polar surface area (TPSA) is 39.1 Å². The molecule has 0 radical (unpaired) electrons. The van der Waals surface area contributed by atoms with Crippen molar-refractivity contribution < 1.29 is 0 Å². The predicted octanol–water partition coefficient (Wildman–Crippen LogP) is 3.46. The molecular weight excluding hydrogens is 290 g/mol. The van der Waals surface area contributed by atoms with E-state index in [0.717, 1.165) is 29.7 Å². The Morgan fingerprint density at radius 2 is 2.22 bits per heavy atom. The summed E-state index contributed by atoms with van der Waals surface area (Å²) in [6.07, 6.45) is 1.16. The lowest BCUT2D eigenvalue weighted by Gasteiger charge is -2.23. The van der Waals surface area contributed by atoms with Crippen molar-refractivity contribution >= 4 is 21.6 Å². The van der Waals surface area contributed by atoms with Gasteiger partial charge in [-0.1, -0.05) is 6.92 Å². The first-order valence-corrected chi connectivity index (χ1v) is 7.01. The van der Waals surface area contributed by atoms with E-state index >= 15 is 0 Å². The summed E-state index contributed by atoms with van der Waals surface area (Å²) in [5, 5.41) is 12.2. The van der Waals surface area contributed by atoms with Crippen molar-refractivity contribution in [3.8, 4) is 6.07 Å². The molecule has 3 nitrogen and oxygen atoms in total. The number of benzene rings is 1. The van der Waals surface area contributed by atoms with E-state index in [0.29, 0.717) is 11.6 Å². The standard InChI is InChI=1S/C14H20BrN3/c1-4-11(2)18(3)8-7-17-14-6-5-12(10-16)9-13(14)15/h5-6,9,11,17H,4,7-8H2,1-3H3. The number of anilines is 1. The Labute approximate surface area is 118 Å². The molecule has 1 unspecified atom stereocenters. The highest BCUT2D eigenvalue weighted by Gasteiger charge is 2.06. The second kappa shape index (κ2) is 7.40. The third-order valence-corrected chi connectivity index (χ3v) is 3.88. The van der Waals surface area contributed by atoms with Gasteiger partial charge in [0, 0.05) is 29.3 Å². The highest BCUT2D eigenvalue weighted by molar-refractivity contribution is 9.10. The molecule has 1 aromatic rings. The van der Waals surface area contributed by atoms with Crippen LogP contribution in [0.1, 0.15) is 25.8 Å². The zero-order valence-electron chi connectivity index (χ0n) is 11.2. The highest BCUT2D eigenvalue weighted by Crippen LogP contribution is 2.23.